The monoisotopic (exact) mass is 236 g/mol. The fourth-order valence-electron chi connectivity index (χ4n) is 2.04. The molecule has 0 aromatic heterocycles. The van der Waals surface area contributed by atoms with Crippen LogP contribution >= 0.6 is 11.6 Å². The molecule has 0 aliphatic carbocycles. The molecule has 0 radical (unpaired) electrons. The van der Waals surface area contributed by atoms with Gasteiger partial charge in [-0.15, -0.1) is 11.6 Å². The Kier molecular flexibility index (Phi) is 7.09. The Morgan fingerprint density at radius 3 is 1.86 bits per heavy atom. The van der Waals surface area contributed by atoms with Gasteiger partial charge in [-0.05, 0) is 23.5 Å². The molecule has 0 aliphatic heterocycles. The van der Waals surface area contributed by atoms with Gasteiger partial charge in [0.2, 0.25) is 0 Å². The molecule has 3 heteroatoms. The number of rotatable bonds is 7. The lowest BCUT2D eigenvalue weighted by Crippen LogP contribution is -2.43. The van der Waals surface area contributed by atoms with Gasteiger partial charge in [-0.25, -0.2) is 0 Å². The van der Waals surface area contributed by atoms with Crippen LogP contribution in [0.1, 0.15) is 47.0 Å². The normalized spacial score (nSPS) is 20.1. The van der Waals surface area contributed by atoms with E-state index in [-0.39, 0.29) is 0 Å². The zero-order valence-electron chi connectivity index (χ0n) is 10.0. The highest BCUT2D eigenvalue weighted by Gasteiger charge is 2.40. The fourth-order valence-corrected chi connectivity index (χ4v) is 6.51. The molecular weight excluding hydrogens is 212 g/mol. The molecule has 2 atom stereocenters. The van der Waals surface area contributed by atoms with Gasteiger partial charge in [-0.2, -0.15) is 0 Å². The maximum atomic E-state index is 10.8. The highest BCUT2D eigenvalue weighted by molar-refractivity contribution is 6.75. The summed E-state index contributed by atoms with van der Waals surface area (Å²) in [4.78, 5) is 10.8. The minimum atomic E-state index is -2.06. The molecule has 0 rings (SSSR count). The second-order valence-corrected chi connectivity index (χ2v) is 9.23. The zero-order valence-corrected chi connectivity index (χ0v) is 11.8. The van der Waals surface area contributed by atoms with Gasteiger partial charge < -0.3 is 4.80 Å². The summed E-state index contributed by atoms with van der Waals surface area (Å²) >= 11 is 5.71. The van der Waals surface area contributed by atoms with Crippen molar-refractivity contribution in [3.63, 3.8) is 0 Å². The summed E-state index contributed by atoms with van der Waals surface area (Å²) in [5.41, 5.74) is 1.00. The SMILES string of the molecule is CCC(C)[Si](O)(CCCCl)C(C)CC. The standard InChI is InChI=1S/C11H25ClOSi/c1-5-10(3)14(13,9-7-8-12)11(4)6-2/h10-11,13H,5-9H2,1-4H3. The van der Waals surface area contributed by atoms with Gasteiger partial charge in [-0.3, -0.25) is 0 Å². The Balaban J connectivity index is 4.47. The molecule has 0 heterocycles. The first-order valence-electron chi connectivity index (χ1n) is 5.81. The molecule has 0 fully saturated rings. The second kappa shape index (κ2) is 6.86. The number of halogens is 1. The molecule has 0 saturated carbocycles. The third kappa shape index (κ3) is 3.56. The summed E-state index contributed by atoms with van der Waals surface area (Å²) in [7, 11) is -2.06. The van der Waals surface area contributed by atoms with Crippen LogP contribution in [0.5, 0.6) is 0 Å². The van der Waals surface area contributed by atoms with Gasteiger partial charge in [0, 0.05) is 5.88 Å². The van der Waals surface area contributed by atoms with Crippen LogP contribution in [0, 0.1) is 0 Å². The van der Waals surface area contributed by atoms with Crippen LogP contribution in [0.15, 0.2) is 0 Å². The van der Waals surface area contributed by atoms with E-state index < -0.39 is 8.32 Å². The highest BCUT2D eigenvalue weighted by Crippen LogP contribution is 2.38. The van der Waals surface area contributed by atoms with Crippen LogP contribution in [0.4, 0.5) is 0 Å². The Hall–Kier alpha value is 0.467. The number of hydrogen-bond donors (Lipinski definition) is 1. The van der Waals surface area contributed by atoms with E-state index in [1.807, 2.05) is 0 Å². The largest absolute Gasteiger partial charge is 0.431 e. The molecule has 0 aliphatic rings. The van der Waals surface area contributed by atoms with Crippen LogP contribution in [-0.2, 0) is 0 Å². The van der Waals surface area contributed by atoms with Crippen molar-refractivity contribution in [1.29, 1.82) is 0 Å². The second-order valence-electron chi connectivity index (χ2n) is 4.40. The molecule has 1 nitrogen and oxygen atoms in total. The van der Waals surface area contributed by atoms with Gasteiger partial charge in [0.15, 0.2) is 8.32 Å². The van der Waals surface area contributed by atoms with E-state index in [2.05, 4.69) is 27.7 Å². The van der Waals surface area contributed by atoms with Crippen LogP contribution in [0.2, 0.25) is 17.1 Å². The van der Waals surface area contributed by atoms with E-state index in [0.29, 0.717) is 17.0 Å². The lowest BCUT2D eigenvalue weighted by molar-refractivity contribution is 0.469. The van der Waals surface area contributed by atoms with E-state index in [9.17, 15) is 4.80 Å². The third-order valence-corrected chi connectivity index (χ3v) is 9.29. The van der Waals surface area contributed by atoms with Crippen molar-refractivity contribution in [2.75, 3.05) is 5.88 Å². The average Bonchev–Trinajstić information content (AvgIpc) is 2.23. The van der Waals surface area contributed by atoms with E-state index in [1.165, 1.54) is 0 Å². The first kappa shape index (κ1) is 14.5. The van der Waals surface area contributed by atoms with Crippen molar-refractivity contribution >= 4 is 19.9 Å². The van der Waals surface area contributed by atoms with Crippen LogP contribution in [-0.4, -0.2) is 19.0 Å². The first-order valence-corrected chi connectivity index (χ1v) is 8.65. The molecule has 0 amide bonds. The molecule has 0 aromatic carbocycles. The molecule has 86 valence electrons. The Morgan fingerprint density at radius 2 is 1.57 bits per heavy atom. The lowest BCUT2D eigenvalue weighted by atomic mass is 10.3. The smallest absolute Gasteiger partial charge is 0.194 e. The van der Waals surface area contributed by atoms with Gasteiger partial charge in [0.05, 0.1) is 0 Å². The molecule has 0 saturated heterocycles. The summed E-state index contributed by atoms with van der Waals surface area (Å²) in [6.45, 7) is 8.75. The topological polar surface area (TPSA) is 20.2 Å². The minimum absolute atomic E-state index is 0.501. The first-order chi connectivity index (χ1) is 6.52. The maximum absolute atomic E-state index is 10.8. The van der Waals surface area contributed by atoms with Crippen molar-refractivity contribution in [1.82, 2.24) is 0 Å². The van der Waals surface area contributed by atoms with Crippen molar-refractivity contribution in [2.24, 2.45) is 0 Å². The molecule has 0 bridgehead atoms. The predicted molar refractivity (Wildman–Crippen MR) is 67.5 cm³/mol. The van der Waals surface area contributed by atoms with E-state index in [1.54, 1.807) is 0 Å². The fraction of sp³-hybridized carbons (Fsp3) is 1.00. The molecule has 14 heavy (non-hydrogen) atoms. The molecular formula is C11H25ClOSi. The maximum Gasteiger partial charge on any atom is 0.194 e. The molecule has 0 aromatic rings. The van der Waals surface area contributed by atoms with Crippen LogP contribution in [0.3, 0.4) is 0 Å². The summed E-state index contributed by atoms with van der Waals surface area (Å²) in [6, 6.07) is 0.973. The van der Waals surface area contributed by atoms with Crippen molar-refractivity contribution < 1.29 is 4.80 Å². The molecule has 1 N–H and O–H groups in total. The van der Waals surface area contributed by atoms with Crippen molar-refractivity contribution in [3.8, 4) is 0 Å². The van der Waals surface area contributed by atoms with Gasteiger partial charge in [0.1, 0.15) is 0 Å². The van der Waals surface area contributed by atoms with Crippen molar-refractivity contribution in [2.45, 2.75) is 64.1 Å². The Bertz CT molecular complexity index is 142. The third-order valence-electron chi connectivity index (χ3n) is 3.64. The summed E-state index contributed by atoms with van der Waals surface area (Å²) in [5.74, 6) is 0.683. The summed E-state index contributed by atoms with van der Waals surface area (Å²) in [5, 5.41) is 0. The zero-order chi connectivity index (χ0) is 11.2. The quantitative estimate of drug-likeness (QED) is 0.520. The number of hydrogen-bond acceptors (Lipinski definition) is 1. The Labute approximate surface area is 95.0 Å². The van der Waals surface area contributed by atoms with Crippen molar-refractivity contribution in [3.05, 3.63) is 0 Å². The number of alkyl halides is 1. The molecule has 2 unspecified atom stereocenters. The van der Waals surface area contributed by atoms with E-state index >= 15 is 0 Å². The Morgan fingerprint density at radius 1 is 1.14 bits per heavy atom. The highest BCUT2D eigenvalue weighted by atomic mass is 35.5. The minimum Gasteiger partial charge on any atom is -0.431 e. The van der Waals surface area contributed by atoms with Gasteiger partial charge in [0.25, 0.3) is 0 Å². The average molecular weight is 237 g/mol. The molecule has 0 spiro atoms. The van der Waals surface area contributed by atoms with Crippen LogP contribution < -0.4 is 0 Å². The van der Waals surface area contributed by atoms with Crippen LogP contribution in [0.25, 0.3) is 0 Å². The summed E-state index contributed by atoms with van der Waals surface area (Å²) in [6.07, 6.45) is 3.16. The predicted octanol–water partition coefficient (Wildman–Crippen LogP) is 4.15. The summed E-state index contributed by atoms with van der Waals surface area (Å²) < 4.78 is 0. The van der Waals surface area contributed by atoms with E-state index in [0.717, 1.165) is 25.3 Å². The van der Waals surface area contributed by atoms with Gasteiger partial charge >= 0.3 is 0 Å². The van der Waals surface area contributed by atoms with E-state index in [4.69, 9.17) is 11.6 Å². The lowest BCUT2D eigenvalue weighted by Gasteiger charge is -2.36. The van der Waals surface area contributed by atoms with Gasteiger partial charge in [-0.1, -0.05) is 40.5 Å².